The number of rotatable bonds is 7. The van der Waals surface area contributed by atoms with Gasteiger partial charge in [-0.25, -0.2) is 4.79 Å². The van der Waals surface area contributed by atoms with Crippen LogP contribution < -0.4 is 15.5 Å². The summed E-state index contributed by atoms with van der Waals surface area (Å²) in [5.41, 5.74) is 2.43. The van der Waals surface area contributed by atoms with Gasteiger partial charge >= 0.3 is 6.09 Å². The van der Waals surface area contributed by atoms with Gasteiger partial charge in [0.2, 0.25) is 11.8 Å². The SMILES string of the molecule is O=C1CCC(N2C(=O)c3ccc(N4CC(CN5CCC(NC(=O)OCc6ccccc6)CC5)C4)cc3C2=O)C(=O)N1. The number of carbonyl (C=O) groups excluding carboxylic acids is 5. The van der Waals surface area contributed by atoms with Gasteiger partial charge in [0.15, 0.2) is 0 Å². The molecule has 11 heteroatoms. The number of likely N-dealkylation sites (tertiary alicyclic amines) is 1. The maximum absolute atomic E-state index is 13.1. The Labute approximate surface area is 237 Å². The van der Waals surface area contributed by atoms with Crippen LogP contribution in [0.15, 0.2) is 48.5 Å². The summed E-state index contributed by atoms with van der Waals surface area (Å²) in [6.45, 7) is 4.74. The molecule has 6 rings (SSSR count). The van der Waals surface area contributed by atoms with Crippen molar-refractivity contribution in [1.82, 2.24) is 20.4 Å². The van der Waals surface area contributed by atoms with Crippen LogP contribution in [0.4, 0.5) is 10.5 Å². The van der Waals surface area contributed by atoms with Crippen molar-refractivity contribution in [2.45, 2.75) is 44.4 Å². The Kier molecular flexibility index (Phi) is 7.44. The molecule has 2 aromatic rings. The van der Waals surface area contributed by atoms with Gasteiger partial charge < -0.3 is 19.9 Å². The molecule has 0 aromatic heterocycles. The minimum Gasteiger partial charge on any atom is -0.445 e. The highest BCUT2D eigenvalue weighted by atomic mass is 16.5. The minimum absolute atomic E-state index is 0.0969. The quantitative estimate of drug-likeness (QED) is 0.493. The number of nitrogens with one attached hydrogen (secondary N) is 2. The number of carbonyl (C=O) groups is 5. The van der Waals surface area contributed by atoms with Crippen molar-refractivity contribution in [3.63, 3.8) is 0 Å². The fourth-order valence-electron chi connectivity index (χ4n) is 6.11. The predicted molar refractivity (Wildman–Crippen MR) is 148 cm³/mol. The summed E-state index contributed by atoms with van der Waals surface area (Å²) in [6, 6.07) is 14.0. The zero-order valence-electron chi connectivity index (χ0n) is 22.7. The number of anilines is 1. The molecule has 0 spiro atoms. The number of ether oxygens (including phenoxy) is 1. The lowest BCUT2D eigenvalue weighted by molar-refractivity contribution is -0.136. The smallest absolute Gasteiger partial charge is 0.407 e. The van der Waals surface area contributed by atoms with Gasteiger partial charge in [0.1, 0.15) is 12.6 Å². The van der Waals surface area contributed by atoms with Gasteiger partial charge in [0, 0.05) is 56.8 Å². The maximum Gasteiger partial charge on any atom is 0.407 e. The lowest BCUT2D eigenvalue weighted by Gasteiger charge is -2.44. The Hall–Kier alpha value is -4.25. The van der Waals surface area contributed by atoms with Crippen molar-refractivity contribution in [2.75, 3.05) is 37.6 Å². The third-order valence-corrected chi connectivity index (χ3v) is 8.38. The summed E-state index contributed by atoms with van der Waals surface area (Å²) in [5, 5.41) is 5.21. The Morgan fingerprint density at radius 3 is 2.39 bits per heavy atom. The minimum atomic E-state index is -0.962. The summed E-state index contributed by atoms with van der Waals surface area (Å²) < 4.78 is 5.35. The van der Waals surface area contributed by atoms with E-state index in [0.717, 1.165) is 61.7 Å². The fraction of sp³-hybridized carbons (Fsp3) is 0.433. The van der Waals surface area contributed by atoms with Crippen LogP contribution >= 0.6 is 0 Å². The molecule has 0 aliphatic carbocycles. The third-order valence-electron chi connectivity index (χ3n) is 8.38. The van der Waals surface area contributed by atoms with Crippen LogP contribution in [0, 0.1) is 5.92 Å². The van der Waals surface area contributed by atoms with Crippen molar-refractivity contribution in [1.29, 1.82) is 0 Å². The van der Waals surface area contributed by atoms with Gasteiger partial charge in [-0.3, -0.25) is 29.4 Å². The average molecular weight is 560 g/mol. The summed E-state index contributed by atoms with van der Waals surface area (Å²) in [7, 11) is 0. The van der Waals surface area contributed by atoms with E-state index in [1.54, 1.807) is 12.1 Å². The highest BCUT2D eigenvalue weighted by Gasteiger charge is 2.45. The molecular formula is C30H33N5O6. The standard InChI is InChI=1S/C30H33N5O6/c36-26-9-8-25(27(37)32-26)35-28(38)23-7-6-22(14-24(23)29(35)39)34-16-20(17-34)15-33-12-10-21(11-13-33)31-30(40)41-18-19-4-2-1-3-5-19/h1-7,14,20-21,25H,8-13,15-18H2,(H,31,40)(H,32,36,37). The first kappa shape index (κ1) is 26.9. The molecule has 0 saturated carbocycles. The molecule has 3 saturated heterocycles. The Morgan fingerprint density at radius 2 is 1.66 bits per heavy atom. The normalized spacial score (nSPS) is 21.9. The number of nitrogens with zero attached hydrogens (tertiary/aromatic N) is 3. The largest absolute Gasteiger partial charge is 0.445 e. The van der Waals surface area contributed by atoms with Gasteiger partial charge in [-0.15, -0.1) is 0 Å². The fourth-order valence-corrected chi connectivity index (χ4v) is 6.11. The molecule has 2 N–H and O–H groups in total. The monoisotopic (exact) mass is 559 g/mol. The molecule has 4 heterocycles. The van der Waals surface area contributed by atoms with Crippen LogP contribution in [0.25, 0.3) is 0 Å². The van der Waals surface area contributed by atoms with Crippen LogP contribution in [0.2, 0.25) is 0 Å². The number of amides is 5. The van der Waals surface area contributed by atoms with Gasteiger partial charge in [-0.1, -0.05) is 30.3 Å². The van der Waals surface area contributed by atoms with Gasteiger partial charge in [0.05, 0.1) is 11.1 Å². The second-order valence-corrected chi connectivity index (χ2v) is 11.2. The molecule has 4 aliphatic heterocycles. The molecular weight excluding hydrogens is 526 g/mol. The molecule has 0 radical (unpaired) electrons. The van der Waals surface area contributed by atoms with E-state index in [1.165, 1.54) is 0 Å². The molecule has 4 aliphatic rings. The number of imide groups is 2. The molecule has 11 nitrogen and oxygen atoms in total. The predicted octanol–water partition coefficient (Wildman–Crippen LogP) is 1.91. The van der Waals surface area contributed by atoms with E-state index < -0.39 is 29.7 Å². The number of benzene rings is 2. The number of hydrogen-bond donors (Lipinski definition) is 2. The van der Waals surface area contributed by atoms with Crippen LogP contribution in [0.1, 0.15) is 52.0 Å². The zero-order chi connectivity index (χ0) is 28.5. The number of fused-ring (bicyclic) bond motifs is 1. The first-order chi connectivity index (χ1) is 19.9. The maximum atomic E-state index is 13.1. The van der Waals surface area contributed by atoms with Crippen molar-refractivity contribution in [3.8, 4) is 0 Å². The second-order valence-electron chi connectivity index (χ2n) is 11.2. The molecule has 1 unspecified atom stereocenters. The number of alkyl carbamates (subject to hydrolysis) is 1. The zero-order valence-corrected chi connectivity index (χ0v) is 22.7. The lowest BCUT2D eigenvalue weighted by atomic mass is 9.95. The summed E-state index contributed by atoms with van der Waals surface area (Å²) >= 11 is 0. The summed E-state index contributed by atoms with van der Waals surface area (Å²) in [4.78, 5) is 67.6. The van der Waals surface area contributed by atoms with Crippen LogP contribution in [-0.4, -0.2) is 84.3 Å². The average Bonchev–Trinajstić information content (AvgIpc) is 3.19. The van der Waals surface area contributed by atoms with Gasteiger partial charge in [-0.05, 0) is 43.0 Å². The highest BCUT2D eigenvalue weighted by molar-refractivity contribution is 6.23. The number of piperidine rings is 2. The molecule has 214 valence electrons. The Morgan fingerprint density at radius 1 is 0.927 bits per heavy atom. The van der Waals surface area contributed by atoms with Crippen LogP contribution in [0.3, 0.4) is 0 Å². The van der Waals surface area contributed by atoms with Crippen LogP contribution in [0.5, 0.6) is 0 Å². The molecule has 5 amide bonds. The molecule has 0 bridgehead atoms. The van der Waals surface area contributed by atoms with E-state index in [0.29, 0.717) is 17.0 Å². The van der Waals surface area contributed by atoms with E-state index in [4.69, 9.17) is 4.74 Å². The first-order valence-corrected chi connectivity index (χ1v) is 14.2. The molecule has 41 heavy (non-hydrogen) atoms. The van der Waals surface area contributed by atoms with Crippen molar-refractivity contribution in [2.24, 2.45) is 5.92 Å². The van der Waals surface area contributed by atoms with Crippen molar-refractivity contribution < 1.29 is 28.7 Å². The Balaban J connectivity index is 0.950. The third kappa shape index (κ3) is 5.67. The lowest BCUT2D eigenvalue weighted by Crippen LogP contribution is -2.54. The van der Waals surface area contributed by atoms with Crippen LogP contribution in [-0.2, 0) is 20.9 Å². The van der Waals surface area contributed by atoms with Gasteiger partial charge in [0.25, 0.3) is 11.8 Å². The molecule has 2 aromatic carbocycles. The van der Waals surface area contributed by atoms with Crippen molar-refractivity contribution >= 4 is 35.4 Å². The topological polar surface area (TPSA) is 128 Å². The van der Waals surface area contributed by atoms with E-state index in [-0.39, 0.29) is 31.6 Å². The van der Waals surface area contributed by atoms with E-state index in [1.807, 2.05) is 36.4 Å². The molecule has 1 atom stereocenters. The first-order valence-electron chi connectivity index (χ1n) is 14.2. The van der Waals surface area contributed by atoms with E-state index >= 15 is 0 Å². The van der Waals surface area contributed by atoms with E-state index in [9.17, 15) is 24.0 Å². The van der Waals surface area contributed by atoms with Crippen molar-refractivity contribution in [3.05, 3.63) is 65.2 Å². The summed E-state index contributed by atoms with van der Waals surface area (Å²) in [5.74, 6) is -1.49. The van der Waals surface area contributed by atoms with E-state index in [2.05, 4.69) is 20.4 Å². The second kappa shape index (κ2) is 11.3. The number of hydrogen-bond acceptors (Lipinski definition) is 8. The van der Waals surface area contributed by atoms with Gasteiger partial charge in [-0.2, -0.15) is 0 Å². The highest BCUT2D eigenvalue weighted by Crippen LogP contribution is 2.33. The molecule has 3 fully saturated rings. The Bertz CT molecular complexity index is 1370. The summed E-state index contributed by atoms with van der Waals surface area (Å²) in [6.07, 6.45) is 1.61.